The van der Waals surface area contributed by atoms with Crippen molar-refractivity contribution in [3.63, 3.8) is 0 Å². The maximum absolute atomic E-state index is 12.4. The van der Waals surface area contributed by atoms with Crippen LogP contribution in [-0.4, -0.2) is 33.3 Å². The minimum atomic E-state index is -3.72. The van der Waals surface area contributed by atoms with Gasteiger partial charge in [-0.25, -0.2) is 13.1 Å². The Morgan fingerprint density at radius 3 is 2.50 bits per heavy atom. The standard InChI is InChI=1S/C14H23NO4S/c1-10(2)7-12(9-16)15-20(17,18)14-8-11(3)5-6-13(14)19-4/h5-6,8,10,12,15-16H,7,9H2,1-4H3. The molecule has 6 heteroatoms. The van der Waals surface area contributed by atoms with Crippen LogP contribution in [0.1, 0.15) is 25.8 Å². The quantitative estimate of drug-likeness (QED) is 0.803. The van der Waals surface area contributed by atoms with E-state index in [9.17, 15) is 13.5 Å². The van der Waals surface area contributed by atoms with Crippen LogP contribution in [0.3, 0.4) is 0 Å². The molecule has 0 heterocycles. The van der Waals surface area contributed by atoms with Crippen molar-refractivity contribution in [2.24, 2.45) is 5.92 Å². The van der Waals surface area contributed by atoms with Crippen molar-refractivity contribution in [3.8, 4) is 5.75 Å². The molecule has 0 amide bonds. The highest BCUT2D eigenvalue weighted by Gasteiger charge is 2.23. The van der Waals surface area contributed by atoms with Gasteiger partial charge in [0.2, 0.25) is 10.0 Å². The Morgan fingerprint density at radius 2 is 2.00 bits per heavy atom. The van der Waals surface area contributed by atoms with Gasteiger partial charge in [-0.3, -0.25) is 0 Å². The molecule has 5 nitrogen and oxygen atoms in total. The zero-order valence-corrected chi connectivity index (χ0v) is 13.2. The highest BCUT2D eigenvalue weighted by molar-refractivity contribution is 7.89. The van der Waals surface area contributed by atoms with Crippen molar-refractivity contribution in [1.82, 2.24) is 4.72 Å². The summed E-state index contributed by atoms with van der Waals surface area (Å²) in [5, 5.41) is 9.31. The molecular weight excluding hydrogens is 278 g/mol. The summed E-state index contributed by atoms with van der Waals surface area (Å²) >= 11 is 0. The van der Waals surface area contributed by atoms with E-state index in [1.807, 2.05) is 20.8 Å². The van der Waals surface area contributed by atoms with Crippen molar-refractivity contribution in [1.29, 1.82) is 0 Å². The first-order chi connectivity index (χ1) is 9.30. The molecule has 1 rings (SSSR count). The number of rotatable bonds is 7. The topological polar surface area (TPSA) is 75.6 Å². The van der Waals surface area contributed by atoms with Crippen LogP contribution >= 0.6 is 0 Å². The van der Waals surface area contributed by atoms with Crippen molar-refractivity contribution in [2.45, 2.75) is 38.1 Å². The van der Waals surface area contributed by atoms with Gasteiger partial charge in [-0.1, -0.05) is 19.9 Å². The lowest BCUT2D eigenvalue weighted by Crippen LogP contribution is -2.38. The third-order valence-electron chi connectivity index (χ3n) is 2.91. The molecule has 0 saturated carbocycles. The molecule has 0 aromatic heterocycles. The zero-order valence-electron chi connectivity index (χ0n) is 12.4. The third-order valence-corrected chi connectivity index (χ3v) is 4.45. The molecule has 0 aliphatic rings. The Balaban J connectivity index is 3.07. The molecule has 114 valence electrons. The van der Waals surface area contributed by atoms with Crippen molar-refractivity contribution >= 4 is 10.0 Å². The Kier molecular flexibility index (Phi) is 5.98. The molecule has 0 bridgehead atoms. The molecule has 1 aromatic rings. The van der Waals surface area contributed by atoms with Crippen LogP contribution in [0.15, 0.2) is 23.1 Å². The predicted octanol–water partition coefficient (Wildman–Crippen LogP) is 1.69. The molecule has 1 aromatic carbocycles. The molecule has 1 atom stereocenters. The average molecular weight is 301 g/mol. The lowest BCUT2D eigenvalue weighted by molar-refractivity contribution is 0.240. The lowest BCUT2D eigenvalue weighted by Gasteiger charge is -2.19. The van der Waals surface area contributed by atoms with E-state index in [2.05, 4.69) is 4.72 Å². The fourth-order valence-corrected chi connectivity index (χ4v) is 3.50. The smallest absolute Gasteiger partial charge is 0.244 e. The second-order valence-electron chi connectivity index (χ2n) is 5.28. The summed E-state index contributed by atoms with van der Waals surface area (Å²) in [5.74, 6) is 0.582. The van der Waals surface area contributed by atoms with Crippen LogP contribution in [0.2, 0.25) is 0 Å². The van der Waals surface area contributed by atoms with E-state index in [0.717, 1.165) is 5.56 Å². The molecule has 0 aliphatic heterocycles. The lowest BCUT2D eigenvalue weighted by atomic mass is 10.1. The van der Waals surface area contributed by atoms with Crippen LogP contribution in [0, 0.1) is 12.8 Å². The molecule has 1 unspecified atom stereocenters. The number of benzene rings is 1. The Bertz CT molecular complexity index is 540. The summed E-state index contributed by atoms with van der Waals surface area (Å²) < 4.78 is 32.5. The first-order valence-corrected chi connectivity index (χ1v) is 8.06. The molecule has 0 spiro atoms. The van der Waals surface area contributed by atoms with Crippen molar-refractivity contribution in [3.05, 3.63) is 23.8 Å². The highest BCUT2D eigenvalue weighted by Crippen LogP contribution is 2.25. The number of methoxy groups -OCH3 is 1. The largest absolute Gasteiger partial charge is 0.495 e. The summed E-state index contributed by atoms with van der Waals surface area (Å²) in [6, 6.07) is 4.48. The minimum Gasteiger partial charge on any atom is -0.495 e. The second-order valence-corrected chi connectivity index (χ2v) is 6.97. The van der Waals surface area contributed by atoms with E-state index >= 15 is 0 Å². The van der Waals surface area contributed by atoms with Gasteiger partial charge in [0.15, 0.2) is 0 Å². The van der Waals surface area contributed by atoms with Gasteiger partial charge in [0.1, 0.15) is 10.6 Å². The van der Waals surface area contributed by atoms with E-state index in [1.165, 1.54) is 7.11 Å². The highest BCUT2D eigenvalue weighted by atomic mass is 32.2. The molecule has 0 radical (unpaired) electrons. The van der Waals surface area contributed by atoms with Gasteiger partial charge in [0.25, 0.3) is 0 Å². The van der Waals surface area contributed by atoms with E-state index in [1.54, 1.807) is 18.2 Å². The van der Waals surface area contributed by atoms with Crippen LogP contribution < -0.4 is 9.46 Å². The zero-order chi connectivity index (χ0) is 15.3. The number of aliphatic hydroxyl groups is 1. The van der Waals surface area contributed by atoms with Crippen LogP contribution in [-0.2, 0) is 10.0 Å². The number of ether oxygens (including phenoxy) is 1. The average Bonchev–Trinajstić information content (AvgIpc) is 2.37. The molecule has 0 saturated heterocycles. The van der Waals surface area contributed by atoms with Crippen LogP contribution in [0.25, 0.3) is 0 Å². The summed E-state index contributed by atoms with van der Waals surface area (Å²) in [5.41, 5.74) is 0.829. The van der Waals surface area contributed by atoms with Crippen LogP contribution in [0.5, 0.6) is 5.75 Å². The monoisotopic (exact) mass is 301 g/mol. The molecule has 0 aliphatic carbocycles. The van der Waals surface area contributed by atoms with Gasteiger partial charge in [-0.2, -0.15) is 0 Å². The summed E-state index contributed by atoms with van der Waals surface area (Å²) in [4.78, 5) is 0.0993. The summed E-state index contributed by atoms with van der Waals surface area (Å²) in [6.07, 6.45) is 0.573. The third kappa shape index (κ3) is 4.47. The SMILES string of the molecule is COc1ccc(C)cc1S(=O)(=O)NC(CO)CC(C)C. The number of sulfonamides is 1. The molecule has 2 N–H and O–H groups in total. The Labute approximate surface area is 121 Å². The fraction of sp³-hybridized carbons (Fsp3) is 0.571. The Hall–Kier alpha value is -1.11. The summed E-state index contributed by atoms with van der Waals surface area (Å²) in [7, 11) is -2.29. The minimum absolute atomic E-state index is 0.0993. The van der Waals surface area contributed by atoms with Gasteiger partial charge in [0, 0.05) is 6.04 Å². The first kappa shape index (κ1) is 16.9. The maximum Gasteiger partial charge on any atom is 0.244 e. The van der Waals surface area contributed by atoms with E-state index in [-0.39, 0.29) is 17.4 Å². The van der Waals surface area contributed by atoms with E-state index < -0.39 is 16.1 Å². The number of hydrogen-bond donors (Lipinski definition) is 2. The van der Waals surface area contributed by atoms with E-state index in [0.29, 0.717) is 12.2 Å². The van der Waals surface area contributed by atoms with Crippen molar-refractivity contribution < 1.29 is 18.3 Å². The number of aryl methyl sites for hydroxylation is 1. The van der Waals surface area contributed by atoms with Gasteiger partial charge in [-0.15, -0.1) is 0 Å². The van der Waals surface area contributed by atoms with Gasteiger partial charge < -0.3 is 9.84 Å². The number of hydrogen-bond acceptors (Lipinski definition) is 4. The second kappa shape index (κ2) is 7.06. The maximum atomic E-state index is 12.4. The Morgan fingerprint density at radius 1 is 1.35 bits per heavy atom. The van der Waals surface area contributed by atoms with Gasteiger partial charge in [0.05, 0.1) is 13.7 Å². The normalized spacial score (nSPS) is 13.5. The first-order valence-electron chi connectivity index (χ1n) is 6.58. The summed E-state index contributed by atoms with van der Waals surface area (Å²) in [6.45, 7) is 5.54. The molecule has 0 fully saturated rings. The number of nitrogens with one attached hydrogen (secondary N) is 1. The predicted molar refractivity (Wildman–Crippen MR) is 78.4 cm³/mol. The fourth-order valence-electron chi connectivity index (χ4n) is 2.01. The van der Waals surface area contributed by atoms with Gasteiger partial charge >= 0.3 is 0 Å². The van der Waals surface area contributed by atoms with Crippen LogP contribution in [0.4, 0.5) is 0 Å². The van der Waals surface area contributed by atoms with Crippen molar-refractivity contribution in [2.75, 3.05) is 13.7 Å². The van der Waals surface area contributed by atoms with Gasteiger partial charge in [-0.05, 0) is 37.0 Å². The molecular formula is C14H23NO4S. The number of aliphatic hydroxyl groups excluding tert-OH is 1. The molecule has 20 heavy (non-hydrogen) atoms. The van der Waals surface area contributed by atoms with E-state index in [4.69, 9.17) is 4.74 Å².